The van der Waals surface area contributed by atoms with E-state index in [0.29, 0.717) is 12.0 Å². The number of amides is 1. The Morgan fingerprint density at radius 2 is 1.89 bits per heavy atom. The van der Waals surface area contributed by atoms with Crippen molar-refractivity contribution in [2.45, 2.75) is 58.8 Å². The molecule has 0 aromatic heterocycles. The van der Waals surface area contributed by atoms with Crippen molar-refractivity contribution in [3.63, 3.8) is 0 Å². The van der Waals surface area contributed by atoms with Crippen molar-refractivity contribution < 1.29 is 4.79 Å². The fourth-order valence-electron chi connectivity index (χ4n) is 3.13. The van der Waals surface area contributed by atoms with E-state index in [-0.39, 0.29) is 11.3 Å². The molecule has 2 aliphatic carbocycles. The Balaban J connectivity index is 1.89. The molecule has 18 heavy (non-hydrogen) atoms. The average Bonchev–Trinajstić information content (AvgIpc) is 3.18. The highest BCUT2D eigenvalue weighted by molar-refractivity contribution is 5.83. The smallest absolute Gasteiger partial charge is 0.227 e. The van der Waals surface area contributed by atoms with Crippen molar-refractivity contribution in [1.29, 1.82) is 0 Å². The van der Waals surface area contributed by atoms with Gasteiger partial charge < -0.3 is 11.1 Å². The molecule has 0 aromatic carbocycles. The first-order valence-electron chi connectivity index (χ1n) is 7.54. The van der Waals surface area contributed by atoms with Crippen LogP contribution in [0.5, 0.6) is 0 Å². The molecule has 104 valence electrons. The van der Waals surface area contributed by atoms with E-state index < -0.39 is 0 Å². The van der Waals surface area contributed by atoms with Gasteiger partial charge >= 0.3 is 0 Å². The summed E-state index contributed by atoms with van der Waals surface area (Å²) in [5.74, 6) is 0.972. The zero-order valence-corrected chi connectivity index (χ0v) is 11.9. The molecule has 0 heterocycles. The largest absolute Gasteiger partial charge is 0.355 e. The molecule has 2 saturated carbocycles. The Kier molecular flexibility index (Phi) is 4.00. The van der Waals surface area contributed by atoms with Crippen molar-refractivity contribution in [2.24, 2.45) is 22.5 Å². The van der Waals surface area contributed by atoms with Crippen LogP contribution in [0.4, 0.5) is 0 Å². The molecule has 2 fully saturated rings. The third kappa shape index (κ3) is 2.71. The van der Waals surface area contributed by atoms with Crippen LogP contribution in [0.2, 0.25) is 0 Å². The Labute approximate surface area is 111 Å². The predicted molar refractivity (Wildman–Crippen MR) is 74.1 cm³/mol. The lowest BCUT2D eigenvalue weighted by Crippen LogP contribution is -2.49. The average molecular weight is 252 g/mol. The lowest BCUT2D eigenvalue weighted by atomic mass is 9.70. The number of nitrogens with one attached hydrogen (secondary N) is 1. The maximum Gasteiger partial charge on any atom is 0.227 e. The molecule has 0 radical (unpaired) electrons. The summed E-state index contributed by atoms with van der Waals surface area (Å²) < 4.78 is 0. The number of rotatable bonds is 5. The SMILES string of the molecule is CCC1(CNC(=O)C2(CN)CCC(C)CC2)CC1. The molecular weight excluding hydrogens is 224 g/mol. The second-order valence-electron chi connectivity index (χ2n) is 6.70. The molecule has 2 rings (SSSR count). The number of carbonyl (C=O) groups is 1. The fraction of sp³-hybridized carbons (Fsp3) is 0.933. The van der Waals surface area contributed by atoms with Crippen LogP contribution >= 0.6 is 0 Å². The van der Waals surface area contributed by atoms with Crippen LogP contribution in [0.1, 0.15) is 58.8 Å². The van der Waals surface area contributed by atoms with Gasteiger partial charge in [-0.2, -0.15) is 0 Å². The van der Waals surface area contributed by atoms with Gasteiger partial charge in [-0.1, -0.05) is 13.8 Å². The predicted octanol–water partition coefficient (Wildman–Crippen LogP) is 2.45. The number of nitrogens with two attached hydrogens (primary N) is 1. The standard InChI is InChI=1S/C15H28N2O/c1-3-14(8-9-14)11-17-13(18)15(10-16)6-4-12(2)5-7-15/h12H,3-11,16H2,1-2H3,(H,17,18). The zero-order chi connectivity index (χ0) is 13.2. The van der Waals surface area contributed by atoms with Crippen molar-refractivity contribution >= 4 is 5.91 Å². The Hall–Kier alpha value is -0.570. The summed E-state index contributed by atoms with van der Waals surface area (Å²) >= 11 is 0. The van der Waals surface area contributed by atoms with E-state index in [1.807, 2.05) is 0 Å². The van der Waals surface area contributed by atoms with Gasteiger partial charge in [-0.25, -0.2) is 0 Å². The van der Waals surface area contributed by atoms with E-state index in [1.54, 1.807) is 0 Å². The van der Waals surface area contributed by atoms with Gasteiger partial charge in [0.2, 0.25) is 5.91 Å². The van der Waals surface area contributed by atoms with Crippen LogP contribution in [-0.2, 0) is 4.79 Å². The first kappa shape index (κ1) is 13.9. The van der Waals surface area contributed by atoms with E-state index >= 15 is 0 Å². The molecule has 0 spiro atoms. The highest BCUT2D eigenvalue weighted by atomic mass is 16.2. The zero-order valence-electron chi connectivity index (χ0n) is 11.9. The highest BCUT2D eigenvalue weighted by Crippen LogP contribution is 2.48. The number of carbonyl (C=O) groups excluding carboxylic acids is 1. The highest BCUT2D eigenvalue weighted by Gasteiger charge is 2.44. The Morgan fingerprint density at radius 1 is 1.28 bits per heavy atom. The van der Waals surface area contributed by atoms with Crippen LogP contribution < -0.4 is 11.1 Å². The summed E-state index contributed by atoms with van der Waals surface area (Å²) in [6.45, 7) is 5.86. The van der Waals surface area contributed by atoms with Crippen LogP contribution in [0.3, 0.4) is 0 Å². The quantitative estimate of drug-likeness (QED) is 0.789. The van der Waals surface area contributed by atoms with E-state index in [1.165, 1.54) is 19.3 Å². The van der Waals surface area contributed by atoms with Crippen LogP contribution in [0, 0.1) is 16.7 Å². The normalized spacial score (nSPS) is 34.1. The summed E-state index contributed by atoms with van der Waals surface area (Å²) in [5, 5.41) is 3.19. The molecule has 3 nitrogen and oxygen atoms in total. The molecular formula is C15H28N2O. The number of hydrogen-bond acceptors (Lipinski definition) is 2. The summed E-state index contributed by atoms with van der Waals surface area (Å²) in [4.78, 5) is 12.5. The van der Waals surface area contributed by atoms with Gasteiger partial charge in [-0.05, 0) is 56.3 Å². The van der Waals surface area contributed by atoms with E-state index in [2.05, 4.69) is 19.2 Å². The second-order valence-corrected chi connectivity index (χ2v) is 6.70. The van der Waals surface area contributed by atoms with Crippen LogP contribution in [-0.4, -0.2) is 19.0 Å². The van der Waals surface area contributed by atoms with E-state index in [0.717, 1.165) is 38.1 Å². The maximum absolute atomic E-state index is 12.5. The van der Waals surface area contributed by atoms with Crippen molar-refractivity contribution in [1.82, 2.24) is 5.32 Å². The molecule has 0 saturated heterocycles. The van der Waals surface area contributed by atoms with Gasteiger partial charge in [0, 0.05) is 13.1 Å². The molecule has 0 bridgehead atoms. The maximum atomic E-state index is 12.5. The fourth-order valence-corrected chi connectivity index (χ4v) is 3.13. The van der Waals surface area contributed by atoms with Gasteiger partial charge in [0.25, 0.3) is 0 Å². The summed E-state index contributed by atoms with van der Waals surface area (Å²) in [7, 11) is 0. The lowest BCUT2D eigenvalue weighted by Gasteiger charge is -2.37. The summed E-state index contributed by atoms with van der Waals surface area (Å²) in [6.07, 6.45) is 7.95. The molecule has 1 amide bonds. The van der Waals surface area contributed by atoms with Crippen molar-refractivity contribution in [3.8, 4) is 0 Å². The second kappa shape index (κ2) is 5.20. The lowest BCUT2D eigenvalue weighted by molar-refractivity contribution is -0.133. The molecule has 0 aromatic rings. The molecule has 0 atom stereocenters. The van der Waals surface area contributed by atoms with Crippen LogP contribution in [0.15, 0.2) is 0 Å². The molecule has 3 heteroatoms. The van der Waals surface area contributed by atoms with Crippen LogP contribution in [0.25, 0.3) is 0 Å². The third-order valence-corrected chi connectivity index (χ3v) is 5.43. The summed E-state index contributed by atoms with van der Waals surface area (Å²) in [6, 6.07) is 0. The minimum Gasteiger partial charge on any atom is -0.355 e. The first-order chi connectivity index (χ1) is 8.56. The minimum absolute atomic E-state index is 0.219. The van der Waals surface area contributed by atoms with Crippen molar-refractivity contribution in [3.05, 3.63) is 0 Å². The molecule has 0 aliphatic heterocycles. The minimum atomic E-state index is -0.268. The monoisotopic (exact) mass is 252 g/mol. The molecule has 0 unspecified atom stereocenters. The third-order valence-electron chi connectivity index (χ3n) is 5.43. The Morgan fingerprint density at radius 3 is 2.33 bits per heavy atom. The van der Waals surface area contributed by atoms with Gasteiger partial charge in [0.15, 0.2) is 0 Å². The van der Waals surface area contributed by atoms with Gasteiger partial charge in [-0.15, -0.1) is 0 Å². The summed E-state index contributed by atoms with van der Waals surface area (Å²) in [5.41, 5.74) is 6.07. The topological polar surface area (TPSA) is 55.1 Å². The van der Waals surface area contributed by atoms with Crippen molar-refractivity contribution in [2.75, 3.05) is 13.1 Å². The Bertz CT molecular complexity index is 302. The first-order valence-corrected chi connectivity index (χ1v) is 7.54. The van der Waals surface area contributed by atoms with Gasteiger partial charge in [0.1, 0.15) is 0 Å². The van der Waals surface area contributed by atoms with E-state index in [9.17, 15) is 4.79 Å². The van der Waals surface area contributed by atoms with Gasteiger partial charge in [0.05, 0.1) is 5.41 Å². The molecule has 2 aliphatic rings. The van der Waals surface area contributed by atoms with Gasteiger partial charge in [-0.3, -0.25) is 4.79 Å². The number of hydrogen-bond donors (Lipinski definition) is 2. The van der Waals surface area contributed by atoms with E-state index in [4.69, 9.17) is 5.73 Å². The molecule has 3 N–H and O–H groups in total.